The number of carbonyl (C=O) groups is 1. The number of halogens is 3. The van der Waals surface area contributed by atoms with E-state index in [4.69, 9.17) is 4.74 Å². The third kappa shape index (κ3) is 3.64. The van der Waals surface area contributed by atoms with Gasteiger partial charge in [0.15, 0.2) is 18.2 Å². The van der Waals surface area contributed by atoms with Crippen LogP contribution in [0.3, 0.4) is 0 Å². The van der Waals surface area contributed by atoms with Gasteiger partial charge >= 0.3 is 0 Å². The number of ether oxygens (including phenoxy) is 1. The molecule has 0 amide bonds. The lowest BCUT2D eigenvalue weighted by molar-refractivity contribution is 0.0918. The van der Waals surface area contributed by atoms with Crippen molar-refractivity contribution in [1.29, 1.82) is 0 Å². The molecular formula is C14H9Br2FO2. The van der Waals surface area contributed by atoms with Gasteiger partial charge in [0.2, 0.25) is 5.78 Å². The minimum Gasteiger partial charge on any atom is -0.482 e. The number of rotatable bonds is 4. The van der Waals surface area contributed by atoms with Crippen molar-refractivity contribution in [1.82, 2.24) is 0 Å². The summed E-state index contributed by atoms with van der Waals surface area (Å²) in [5.41, 5.74) is 0.514. The maximum absolute atomic E-state index is 13.5. The van der Waals surface area contributed by atoms with Gasteiger partial charge in [0.1, 0.15) is 0 Å². The van der Waals surface area contributed by atoms with Gasteiger partial charge in [-0.1, -0.05) is 50.1 Å². The Labute approximate surface area is 126 Å². The van der Waals surface area contributed by atoms with Gasteiger partial charge in [0.05, 0.1) is 0 Å². The first-order valence-corrected chi connectivity index (χ1v) is 7.02. The van der Waals surface area contributed by atoms with Gasteiger partial charge in [-0.05, 0) is 24.3 Å². The molecule has 2 aromatic carbocycles. The second-order valence-electron chi connectivity index (χ2n) is 3.77. The molecule has 0 aliphatic heterocycles. The molecule has 5 heteroatoms. The average molecular weight is 388 g/mol. The normalized spacial score (nSPS) is 10.3. The third-order valence-corrected chi connectivity index (χ3v) is 3.61. The summed E-state index contributed by atoms with van der Waals surface area (Å²) in [5.74, 6) is -0.660. The van der Waals surface area contributed by atoms with E-state index in [1.807, 2.05) is 6.07 Å². The van der Waals surface area contributed by atoms with E-state index in [1.165, 1.54) is 12.1 Å². The Hall–Kier alpha value is -1.20. The van der Waals surface area contributed by atoms with Crippen molar-refractivity contribution in [3.63, 3.8) is 0 Å². The molecular weight excluding hydrogens is 379 g/mol. The van der Waals surface area contributed by atoms with Crippen LogP contribution in [0.25, 0.3) is 0 Å². The van der Waals surface area contributed by atoms with Crippen molar-refractivity contribution in [2.45, 2.75) is 0 Å². The fourth-order valence-corrected chi connectivity index (χ4v) is 2.34. The molecule has 0 bridgehead atoms. The van der Waals surface area contributed by atoms with E-state index in [1.54, 1.807) is 24.3 Å². The van der Waals surface area contributed by atoms with Crippen LogP contribution in [0.2, 0.25) is 0 Å². The van der Waals surface area contributed by atoms with Gasteiger partial charge in [-0.2, -0.15) is 0 Å². The Bertz CT molecular complexity index is 614. The van der Waals surface area contributed by atoms with Crippen molar-refractivity contribution >= 4 is 37.6 Å². The monoisotopic (exact) mass is 386 g/mol. The molecule has 0 aliphatic carbocycles. The van der Waals surface area contributed by atoms with Gasteiger partial charge in [0.25, 0.3) is 0 Å². The molecule has 98 valence electrons. The summed E-state index contributed by atoms with van der Waals surface area (Å²) in [6, 6.07) is 11.5. The SMILES string of the molecule is O=C(COc1ccc(Br)cc1F)c1ccccc1Br. The summed E-state index contributed by atoms with van der Waals surface area (Å²) in [6.07, 6.45) is 0. The molecule has 0 radical (unpaired) electrons. The van der Waals surface area contributed by atoms with Crippen LogP contribution < -0.4 is 4.74 Å². The molecule has 0 spiro atoms. The lowest BCUT2D eigenvalue weighted by Crippen LogP contribution is -2.12. The molecule has 0 saturated carbocycles. The van der Waals surface area contributed by atoms with Crippen LogP contribution in [0.1, 0.15) is 10.4 Å². The van der Waals surface area contributed by atoms with E-state index in [-0.39, 0.29) is 18.1 Å². The maximum atomic E-state index is 13.5. The van der Waals surface area contributed by atoms with Crippen LogP contribution in [-0.2, 0) is 0 Å². The van der Waals surface area contributed by atoms with Gasteiger partial charge < -0.3 is 4.74 Å². The molecule has 2 aromatic rings. The van der Waals surface area contributed by atoms with Crippen LogP contribution in [0.4, 0.5) is 4.39 Å². The predicted octanol–water partition coefficient (Wildman–Crippen LogP) is 4.61. The van der Waals surface area contributed by atoms with E-state index >= 15 is 0 Å². The van der Waals surface area contributed by atoms with Crippen molar-refractivity contribution in [2.75, 3.05) is 6.61 Å². The first kappa shape index (κ1) is 14.2. The Morgan fingerprint density at radius 3 is 2.58 bits per heavy atom. The van der Waals surface area contributed by atoms with E-state index in [2.05, 4.69) is 31.9 Å². The quantitative estimate of drug-likeness (QED) is 0.716. The standard InChI is InChI=1S/C14H9Br2FO2/c15-9-5-6-14(12(17)7-9)19-8-13(18)10-3-1-2-4-11(10)16/h1-7H,8H2. The number of hydrogen-bond acceptors (Lipinski definition) is 2. The number of ketones is 1. The van der Waals surface area contributed by atoms with E-state index in [9.17, 15) is 9.18 Å². The number of hydrogen-bond donors (Lipinski definition) is 0. The van der Waals surface area contributed by atoms with Crippen LogP contribution >= 0.6 is 31.9 Å². The molecule has 0 fully saturated rings. The number of carbonyl (C=O) groups excluding carboxylic acids is 1. The minimum atomic E-state index is -0.505. The molecule has 0 aliphatic rings. The van der Waals surface area contributed by atoms with Crippen molar-refractivity contribution in [2.24, 2.45) is 0 Å². The highest BCUT2D eigenvalue weighted by Crippen LogP contribution is 2.22. The van der Waals surface area contributed by atoms with Crippen LogP contribution in [0.5, 0.6) is 5.75 Å². The van der Waals surface area contributed by atoms with Crippen molar-refractivity contribution in [3.8, 4) is 5.75 Å². The Kier molecular flexibility index (Phi) is 4.71. The fourth-order valence-electron chi connectivity index (χ4n) is 1.50. The van der Waals surface area contributed by atoms with E-state index < -0.39 is 5.82 Å². The number of Topliss-reactive ketones (excluding diaryl/α,β-unsaturated/α-hetero) is 1. The van der Waals surface area contributed by atoms with E-state index in [0.717, 1.165) is 0 Å². The van der Waals surface area contributed by atoms with Crippen LogP contribution in [0, 0.1) is 5.82 Å². The topological polar surface area (TPSA) is 26.3 Å². The maximum Gasteiger partial charge on any atom is 0.201 e. The Balaban J connectivity index is 2.07. The lowest BCUT2D eigenvalue weighted by Gasteiger charge is -2.07. The molecule has 0 atom stereocenters. The van der Waals surface area contributed by atoms with Crippen molar-refractivity contribution < 1.29 is 13.9 Å². The second kappa shape index (κ2) is 6.30. The fraction of sp³-hybridized carbons (Fsp3) is 0.0714. The van der Waals surface area contributed by atoms with E-state index in [0.29, 0.717) is 14.5 Å². The van der Waals surface area contributed by atoms with Crippen LogP contribution in [-0.4, -0.2) is 12.4 Å². The zero-order chi connectivity index (χ0) is 13.8. The largest absolute Gasteiger partial charge is 0.482 e. The first-order chi connectivity index (χ1) is 9.08. The zero-order valence-corrected chi connectivity index (χ0v) is 12.9. The molecule has 0 N–H and O–H groups in total. The van der Waals surface area contributed by atoms with Gasteiger partial charge in [-0.25, -0.2) is 4.39 Å². The van der Waals surface area contributed by atoms with Gasteiger partial charge in [-0.3, -0.25) is 4.79 Å². The summed E-state index contributed by atoms with van der Waals surface area (Å²) in [7, 11) is 0. The zero-order valence-electron chi connectivity index (χ0n) is 9.70. The average Bonchev–Trinajstić information content (AvgIpc) is 2.38. The molecule has 0 unspecified atom stereocenters. The molecule has 2 nitrogen and oxygen atoms in total. The summed E-state index contributed by atoms with van der Waals surface area (Å²) in [5, 5.41) is 0. The second-order valence-corrected chi connectivity index (χ2v) is 5.54. The summed E-state index contributed by atoms with van der Waals surface area (Å²) in [6.45, 7) is -0.207. The molecule has 0 aromatic heterocycles. The number of benzene rings is 2. The van der Waals surface area contributed by atoms with Gasteiger partial charge in [-0.15, -0.1) is 0 Å². The highest BCUT2D eigenvalue weighted by molar-refractivity contribution is 9.10. The van der Waals surface area contributed by atoms with Crippen molar-refractivity contribution in [3.05, 3.63) is 62.8 Å². The van der Waals surface area contributed by atoms with Crippen LogP contribution in [0.15, 0.2) is 51.4 Å². The Morgan fingerprint density at radius 1 is 1.16 bits per heavy atom. The minimum absolute atomic E-state index is 0.0589. The third-order valence-electron chi connectivity index (χ3n) is 2.43. The molecule has 2 rings (SSSR count). The smallest absolute Gasteiger partial charge is 0.201 e. The predicted molar refractivity (Wildman–Crippen MR) is 78.1 cm³/mol. The molecule has 19 heavy (non-hydrogen) atoms. The first-order valence-electron chi connectivity index (χ1n) is 5.43. The highest BCUT2D eigenvalue weighted by atomic mass is 79.9. The highest BCUT2D eigenvalue weighted by Gasteiger charge is 2.11. The summed E-state index contributed by atoms with van der Waals surface area (Å²) < 4.78 is 20.0. The lowest BCUT2D eigenvalue weighted by atomic mass is 10.1. The molecule has 0 heterocycles. The summed E-state index contributed by atoms with van der Waals surface area (Å²) >= 11 is 6.44. The van der Waals surface area contributed by atoms with Gasteiger partial charge in [0, 0.05) is 14.5 Å². The Morgan fingerprint density at radius 2 is 1.89 bits per heavy atom. The summed E-state index contributed by atoms with van der Waals surface area (Å²) in [4.78, 5) is 11.9. The molecule has 0 saturated heterocycles.